The molecule has 0 atom stereocenters. The van der Waals surface area contributed by atoms with Crippen molar-refractivity contribution >= 4 is 11.6 Å². The van der Waals surface area contributed by atoms with E-state index in [-0.39, 0.29) is 11.5 Å². The molecule has 0 spiro atoms. The molecule has 4 aromatic rings. The lowest BCUT2D eigenvalue weighted by atomic mass is 9.94. The molecule has 0 amide bonds. The van der Waals surface area contributed by atoms with Crippen LogP contribution in [0, 0.1) is 6.92 Å². The summed E-state index contributed by atoms with van der Waals surface area (Å²) in [4.78, 5) is 8.32. The Kier molecular flexibility index (Phi) is 4.84. The van der Waals surface area contributed by atoms with Crippen molar-refractivity contribution in [3.8, 4) is 34.0 Å². The molecule has 2 aromatic heterocycles. The van der Waals surface area contributed by atoms with E-state index in [1.165, 1.54) is 18.3 Å². The second-order valence-corrected chi connectivity index (χ2v) is 6.82. The highest BCUT2D eigenvalue weighted by molar-refractivity contribution is 6.30. The zero-order chi connectivity index (χ0) is 20.6. The summed E-state index contributed by atoms with van der Waals surface area (Å²) >= 11 is 5.93. The summed E-state index contributed by atoms with van der Waals surface area (Å²) in [5.74, 6) is 0.567. The van der Waals surface area contributed by atoms with E-state index in [1.54, 1.807) is 43.5 Å². The Hall–Kier alpha value is -3.19. The van der Waals surface area contributed by atoms with E-state index in [4.69, 9.17) is 16.1 Å². The van der Waals surface area contributed by atoms with Crippen LogP contribution in [0.25, 0.3) is 34.0 Å². The van der Waals surface area contributed by atoms with Crippen molar-refractivity contribution < 1.29 is 17.7 Å². The quantitative estimate of drug-likeness (QED) is 0.386. The maximum atomic E-state index is 13.4. The molecule has 2 heterocycles. The number of aryl methyl sites for hydroxylation is 1. The second kappa shape index (κ2) is 7.33. The minimum atomic E-state index is -4.44. The van der Waals surface area contributed by atoms with Crippen LogP contribution < -0.4 is 0 Å². The summed E-state index contributed by atoms with van der Waals surface area (Å²) in [6, 6.07) is 12.2. The molecule has 0 fully saturated rings. The molecule has 0 saturated heterocycles. The van der Waals surface area contributed by atoms with Crippen molar-refractivity contribution in [1.82, 2.24) is 15.1 Å². The van der Waals surface area contributed by atoms with E-state index in [9.17, 15) is 13.2 Å². The molecule has 0 bridgehead atoms. The van der Waals surface area contributed by atoms with E-state index < -0.39 is 11.7 Å². The SMILES string of the molecule is Cc1cc(-c2nc(-c3cncc(Cl)c3)no2)ccc1-c1ccccc1C(F)(F)F. The first-order valence-electron chi connectivity index (χ1n) is 8.55. The molecule has 29 heavy (non-hydrogen) atoms. The average Bonchev–Trinajstić information content (AvgIpc) is 3.17. The van der Waals surface area contributed by atoms with E-state index in [2.05, 4.69) is 15.1 Å². The molecule has 4 nitrogen and oxygen atoms in total. The highest BCUT2D eigenvalue weighted by Gasteiger charge is 2.33. The number of pyridine rings is 1. The Morgan fingerprint density at radius 2 is 1.72 bits per heavy atom. The molecule has 2 aromatic carbocycles. The second-order valence-electron chi connectivity index (χ2n) is 6.39. The summed E-state index contributed by atoms with van der Waals surface area (Å²) in [6.45, 7) is 1.74. The van der Waals surface area contributed by atoms with Gasteiger partial charge in [-0.1, -0.05) is 41.0 Å². The first kappa shape index (κ1) is 19.1. The third kappa shape index (κ3) is 3.86. The monoisotopic (exact) mass is 415 g/mol. The van der Waals surface area contributed by atoms with E-state index in [1.807, 2.05) is 0 Å². The van der Waals surface area contributed by atoms with Gasteiger partial charge in [-0.2, -0.15) is 18.2 Å². The molecule has 146 valence electrons. The van der Waals surface area contributed by atoms with Crippen molar-refractivity contribution in [2.45, 2.75) is 13.1 Å². The molecule has 4 rings (SSSR count). The normalized spacial score (nSPS) is 11.6. The first-order chi connectivity index (χ1) is 13.8. The van der Waals surface area contributed by atoms with Gasteiger partial charge in [0.25, 0.3) is 5.89 Å². The van der Waals surface area contributed by atoms with Crippen molar-refractivity contribution in [2.75, 3.05) is 0 Å². The Bertz CT molecular complexity index is 1190. The Morgan fingerprint density at radius 1 is 0.931 bits per heavy atom. The molecule has 0 aliphatic rings. The molecule has 0 unspecified atom stereocenters. The maximum Gasteiger partial charge on any atom is 0.417 e. The third-order valence-corrected chi connectivity index (χ3v) is 4.59. The summed E-state index contributed by atoms with van der Waals surface area (Å²) in [5, 5.41) is 4.37. The standard InChI is InChI=1S/C21H13ClF3N3O/c1-12-8-13(20-27-19(28-29-20)14-9-15(22)11-26-10-14)6-7-16(12)17-4-2-3-5-18(17)21(23,24)25/h2-11H,1H3. The number of hydrogen-bond acceptors (Lipinski definition) is 4. The minimum Gasteiger partial charge on any atom is -0.334 e. The van der Waals surface area contributed by atoms with Crippen molar-refractivity contribution in [1.29, 1.82) is 0 Å². The molecule has 8 heteroatoms. The smallest absolute Gasteiger partial charge is 0.334 e. The number of benzene rings is 2. The lowest BCUT2D eigenvalue weighted by molar-refractivity contribution is -0.137. The predicted octanol–water partition coefficient (Wildman–Crippen LogP) is 6.45. The van der Waals surface area contributed by atoms with Gasteiger partial charge in [0, 0.05) is 23.5 Å². The summed E-state index contributed by atoms with van der Waals surface area (Å²) in [6.07, 6.45) is -1.38. The lowest BCUT2D eigenvalue weighted by Crippen LogP contribution is -2.07. The van der Waals surface area contributed by atoms with Crippen molar-refractivity contribution in [3.05, 3.63) is 77.1 Å². The van der Waals surface area contributed by atoms with E-state index in [0.29, 0.717) is 33.1 Å². The average molecular weight is 416 g/mol. The largest absolute Gasteiger partial charge is 0.417 e. The van der Waals surface area contributed by atoms with Gasteiger partial charge in [0.15, 0.2) is 0 Å². The maximum absolute atomic E-state index is 13.4. The van der Waals surface area contributed by atoms with Crippen molar-refractivity contribution in [3.63, 3.8) is 0 Å². The number of alkyl halides is 3. The number of aromatic nitrogens is 3. The molecular formula is C21H13ClF3N3O. The van der Waals surface area contributed by atoms with Crippen LogP contribution in [-0.4, -0.2) is 15.1 Å². The summed E-state index contributed by atoms with van der Waals surface area (Å²) in [7, 11) is 0. The van der Waals surface area contributed by atoms with Crippen LogP contribution in [0.3, 0.4) is 0 Å². The van der Waals surface area contributed by atoms with Gasteiger partial charge in [0.1, 0.15) is 0 Å². The van der Waals surface area contributed by atoms with Crippen LogP contribution in [0.15, 0.2) is 65.4 Å². The zero-order valence-corrected chi connectivity index (χ0v) is 15.8. The van der Waals surface area contributed by atoms with Crippen LogP contribution in [0.1, 0.15) is 11.1 Å². The van der Waals surface area contributed by atoms with E-state index >= 15 is 0 Å². The van der Waals surface area contributed by atoms with Gasteiger partial charge in [-0.25, -0.2) is 0 Å². The van der Waals surface area contributed by atoms with Gasteiger partial charge in [-0.05, 0) is 47.9 Å². The summed E-state index contributed by atoms with van der Waals surface area (Å²) in [5.41, 5.74) is 1.79. The van der Waals surface area contributed by atoms with Gasteiger partial charge in [0.2, 0.25) is 5.82 Å². The Labute approximate surface area is 169 Å². The number of hydrogen-bond donors (Lipinski definition) is 0. The van der Waals surface area contributed by atoms with Gasteiger partial charge < -0.3 is 4.52 Å². The minimum absolute atomic E-state index is 0.125. The predicted molar refractivity (Wildman–Crippen MR) is 103 cm³/mol. The molecule has 0 aliphatic carbocycles. The number of rotatable bonds is 3. The van der Waals surface area contributed by atoms with Crippen LogP contribution in [-0.2, 0) is 6.18 Å². The van der Waals surface area contributed by atoms with Crippen LogP contribution in [0.2, 0.25) is 5.02 Å². The fourth-order valence-electron chi connectivity index (χ4n) is 3.06. The molecule has 0 aliphatic heterocycles. The number of halogens is 4. The van der Waals surface area contributed by atoms with Gasteiger partial charge in [0.05, 0.1) is 10.6 Å². The van der Waals surface area contributed by atoms with Crippen molar-refractivity contribution in [2.24, 2.45) is 0 Å². The van der Waals surface area contributed by atoms with E-state index in [0.717, 1.165) is 6.07 Å². The molecule has 0 N–H and O–H groups in total. The fourth-order valence-corrected chi connectivity index (χ4v) is 3.23. The Morgan fingerprint density at radius 3 is 2.45 bits per heavy atom. The molecular weight excluding hydrogens is 403 g/mol. The van der Waals surface area contributed by atoms with Crippen LogP contribution in [0.5, 0.6) is 0 Å². The third-order valence-electron chi connectivity index (χ3n) is 4.39. The zero-order valence-electron chi connectivity index (χ0n) is 15.0. The molecule has 0 saturated carbocycles. The lowest BCUT2D eigenvalue weighted by Gasteiger charge is -2.14. The fraction of sp³-hybridized carbons (Fsp3) is 0.0952. The van der Waals surface area contributed by atoms with Crippen LogP contribution in [0.4, 0.5) is 13.2 Å². The van der Waals surface area contributed by atoms with Gasteiger partial charge in [-0.3, -0.25) is 4.98 Å². The highest BCUT2D eigenvalue weighted by atomic mass is 35.5. The topological polar surface area (TPSA) is 51.8 Å². The molecule has 0 radical (unpaired) electrons. The summed E-state index contributed by atoms with van der Waals surface area (Å²) < 4.78 is 45.4. The highest BCUT2D eigenvalue weighted by Crippen LogP contribution is 2.38. The van der Waals surface area contributed by atoms with Crippen LogP contribution >= 0.6 is 11.6 Å². The number of nitrogens with zero attached hydrogens (tertiary/aromatic N) is 3. The van der Waals surface area contributed by atoms with Gasteiger partial charge >= 0.3 is 6.18 Å². The first-order valence-corrected chi connectivity index (χ1v) is 8.93. The van der Waals surface area contributed by atoms with Gasteiger partial charge in [-0.15, -0.1) is 0 Å². The Balaban J connectivity index is 1.71.